The number of rotatable bonds is 16. The van der Waals surface area contributed by atoms with E-state index in [2.05, 4.69) is 25.9 Å². The number of hydrogen-bond donors (Lipinski definition) is 4. The van der Waals surface area contributed by atoms with Crippen molar-refractivity contribution in [2.75, 3.05) is 26.2 Å². The van der Waals surface area contributed by atoms with E-state index in [0.29, 0.717) is 24.8 Å². The second kappa shape index (κ2) is 28.3. The van der Waals surface area contributed by atoms with Gasteiger partial charge in [0.1, 0.15) is 39.4 Å². The number of nitrogens with one attached hydrogen (secondary N) is 4. The Morgan fingerprint density at radius 3 is 1.32 bits per heavy atom. The molecule has 0 aliphatic heterocycles. The van der Waals surface area contributed by atoms with Gasteiger partial charge in [0.2, 0.25) is 11.9 Å². The molecule has 6 amide bonds. The third kappa shape index (κ3) is 31.4. The molecule has 21 heteroatoms. The van der Waals surface area contributed by atoms with Gasteiger partial charge in [0.25, 0.3) is 0 Å². The Morgan fingerprint density at radius 1 is 0.500 bits per heavy atom. The van der Waals surface area contributed by atoms with Crippen molar-refractivity contribution in [2.45, 2.75) is 210 Å². The quantitative estimate of drug-likeness (QED) is 0.0520. The smallest absolute Gasteiger partial charge is 0.437 e. The van der Waals surface area contributed by atoms with E-state index in [0.717, 1.165) is 34.6 Å². The van der Waals surface area contributed by atoms with Crippen LogP contribution in [0.15, 0.2) is 34.3 Å². The second-order valence-electron chi connectivity index (χ2n) is 22.9. The highest BCUT2D eigenvalue weighted by Crippen LogP contribution is 2.19. The summed E-state index contributed by atoms with van der Waals surface area (Å²) in [7, 11) is 0. The number of ether oxygens (including phenoxy) is 7. The van der Waals surface area contributed by atoms with E-state index in [1.54, 1.807) is 149 Å². The highest BCUT2D eigenvalue weighted by Gasteiger charge is 2.35. The van der Waals surface area contributed by atoms with Crippen LogP contribution in [0.4, 0.5) is 28.8 Å². The maximum Gasteiger partial charge on any atom is 0.437 e. The number of carbonyl (C=O) groups excluding carboxylic acids is 6. The van der Waals surface area contributed by atoms with Gasteiger partial charge in [-0.25, -0.2) is 38.6 Å². The molecule has 0 radical (unpaired) electrons. The molecule has 1 rings (SSSR count). The van der Waals surface area contributed by atoms with Gasteiger partial charge in [-0.1, -0.05) is 49.9 Å². The Balaban J connectivity index is 3.27. The molecule has 0 heterocycles. The van der Waals surface area contributed by atoms with Gasteiger partial charge < -0.3 is 33.2 Å². The fourth-order valence-electron chi connectivity index (χ4n) is 5.76. The number of hydrogen-bond acceptors (Lipinski definition) is 15. The van der Waals surface area contributed by atoms with Crippen LogP contribution in [-0.2, 0) is 39.8 Å². The molecule has 4 N–H and O–H groups in total. The van der Waals surface area contributed by atoms with Crippen LogP contribution in [0.3, 0.4) is 0 Å². The number of alkyl carbamates (subject to hydrolysis) is 3. The third-order valence-corrected chi connectivity index (χ3v) is 8.40. The summed E-state index contributed by atoms with van der Waals surface area (Å²) in [6.45, 7) is 31.1. The molecule has 0 aromatic heterocycles. The van der Waals surface area contributed by atoms with Gasteiger partial charge in [0.15, 0.2) is 0 Å². The van der Waals surface area contributed by atoms with E-state index in [1.165, 1.54) is 0 Å². The van der Waals surface area contributed by atoms with Crippen LogP contribution >= 0.6 is 0 Å². The highest BCUT2D eigenvalue weighted by molar-refractivity contribution is 6.05. The minimum absolute atomic E-state index is 0.00736. The molecule has 1 aromatic rings. The van der Waals surface area contributed by atoms with E-state index < -0.39 is 70.2 Å². The van der Waals surface area contributed by atoms with Crippen molar-refractivity contribution in [3.05, 3.63) is 35.4 Å². The zero-order valence-corrected chi connectivity index (χ0v) is 46.4. The Hall–Kier alpha value is -5.99. The molecule has 0 atom stereocenters. The van der Waals surface area contributed by atoms with Gasteiger partial charge in [-0.3, -0.25) is 26.4 Å². The van der Waals surface area contributed by atoms with E-state index in [4.69, 9.17) is 38.6 Å². The van der Waals surface area contributed by atoms with Gasteiger partial charge in [-0.05, 0) is 149 Å². The Labute approximate surface area is 427 Å². The van der Waals surface area contributed by atoms with E-state index in [9.17, 15) is 28.8 Å². The predicted molar refractivity (Wildman–Crippen MR) is 275 cm³/mol. The first-order valence-corrected chi connectivity index (χ1v) is 24.4. The summed E-state index contributed by atoms with van der Waals surface area (Å²) in [4.78, 5) is 89.6. The number of amidine groups is 1. The first-order valence-electron chi connectivity index (χ1n) is 24.4. The molecular weight excluding hydrogens is 933 g/mol. The van der Waals surface area contributed by atoms with Crippen LogP contribution in [-0.4, -0.2) is 124 Å². The normalized spacial score (nSPS) is 12.4. The summed E-state index contributed by atoms with van der Waals surface area (Å²) in [5.74, 6) is -0.560. The summed E-state index contributed by atoms with van der Waals surface area (Å²) in [5, 5.41) is 15.6. The average molecular weight is 1020 g/mol. The SMILES string of the molecule is CC(C)(C)OC(=O)N=C(N(CCCCCCCCN=C(NC(=O)OC(C)(C)C)NC(=O)OC(C)(C)C)C(=O)OC(C)(C)C)N(CCCOCc1ccc(C(=N)NC(=O)OC(C)(C)C)cc1)C(=O)OC(C)(C)C. The lowest BCUT2D eigenvalue weighted by atomic mass is 10.1. The van der Waals surface area contributed by atoms with Crippen molar-refractivity contribution in [2.24, 2.45) is 9.98 Å². The largest absolute Gasteiger partial charge is 0.444 e. The van der Waals surface area contributed by atoms with Gasteiger partial charge in [-0.2, -0.15) is 0 Å². The molecule has 72 heavy (non-hydrogen) atoms. The molecule has 0 saturated heterocycles. The minimum Gasteiger partial charge on any atom is -0.444 e. The van der Waals surface area contributed by atoms with Crippen LogP contribution < -0.4 is 16.0 Å². The van der Waals surface area contributed by atoms with Crippen molar-refractivity contribution in [1.29, 1.82) is 5.41 Å². The monoisotopic (exact) mass is 1020 g/mol. The molecule has 0 fully saturated rings. The molecule has 21 nitrogen and oxygen atoms in total. The number of nitrogens with zero attached hydrogens (tertiary/aromatic N) is 4. The van der Waals surface area contributed by atoms with Crippen LogP contribution in [0.25, 0.3) is 0 Å². The van der Waals surface area contributed by atoms with Gasteiger partial charge >= 0.3 is 36.6 Å². The fraction of sp³-hybridized carbons (Fsp3) is 0.706. The van der Waals surface area contributed by atoms with Crippen LogP contribution in [0.1, 0.15) is 181 Å². The third-order valence-electron chi connectivity index (χ3n) is 8.40. The lowest BCUT2D eigenvalue weighted by Crippen LogP contribution is -2.53. The first kappa shape index (κ1) is 64.0. The maximum absolute atomic E-state index is 14.1. The summed E-state index contributed by atoms with van der Waals surface area (Å²) in [5.41, 5.74) is -3.92. The van der Waals surface area contributed by atoms with Gasteiger partial charge in [-0.15, -0.1) is 4.99 Å². The van der Waals surface area contributed by atoms with E-state index in [1.807, 2.05) is 0 Å². The number of benzene rings is 1. The van der Waals surface area contributed by atoms with E-state index >= 15 is 0 Å². The Kier molecular flexibility index (Phi) is 25.2. The Bertz CT molecular complexity index is 1980. The zero-order valence-electron chi connectivity index (χ0n) is 46.4. The molecular formula is C51H86N8O13. The number of aliphatic imine (C=N–C) groups is 2. The molecule has 0 aliphatic carbocycles. The fourth-order valence-corrected chi connectivity index (χ4v) is 5.76. The maximum atomic E-state index is 14.1. The molecule has 0 spiro atoms. The summed E-state index contributed by atoms with van der Waals surface area (Å²) >= 11 is 0. The number of unbranched alkanes of at least 4 members (excludes halogenated alkanes) is 5. The van der Waals surface area contributed by atoms with Crippen molar-refractivity contribution >= 4 is 54.3 Å². The number of amides is 6. The van der Waals surface area contributed by atoms with Gasteiger partial charge in [0.05, 0.1) is 6.61 Å². The molecule has 0 aliphatic rings. The lowest BCUT2D eigenvalue weighted by molar-refractivity contribution is 0.0258. The number of carbonyl (C=O) groups is 6. The highest BCUT2D eigenvalue weighted by atomic mass is 16.6. The Morgan fingerprint density at radius 2 is 0.889 bits per heavy atom. The summed E-state index contributed by atoms with van der Waals surface area (Å²) < 4.78 is 39.0. The summed E-state index contributed by atoms with van der Waals surface area (Å²) in [6.07, 6.45) is -0.900. The first-order chi connectivity index (χ1) is 32.8. The molecule has 1 aromatic carbocycles. The second-order valence-corrected chi connectivity index (χ2v) is 22.9. The van der Waals surface area contributed by atoms with Crippen LogP contribution in [0.2, 0.25) is 0 Å². The average Bonchev–Trinajstić information content (AvgIpc) is 3.15. The topological polar surface area (TPSA) is 258 Å². The molecule has 0 saturated carbocycles. The standard InChI is InChI=1S/C51H86N8O13/c1-46(2,3)67-40(60)54-37(52)36-28-26-35(27-29-36)34-66-33-25-32-59(45(65)72-51(16,17)18)39(57-43(63)70-49(10,11)12)58(44(64)71-50(13,14)15)31-24-22-20-19-21-23-30-53-38(55-41(61)68-47(4,5)6)56-42(62)69-48(7,8)9/h26-29H,19-25,30-34H2,1-18H3,(H2,52,54,60)(H2,53,55,56,61,62). The summed E-state index contributed by atoms with van der Waals surface area (Å²) in [6, 6.07) is 6.85. The molecule has 408 valence electrons. The van der Waals surface area contributed by atoms with Crippen molar-refractivity contribution < 1.29 is 61.9 Å². The van der Waals surface area contributed by atoms with Crippen molar-refractivity contribution in [1.82, 2.24) is 25.8 Å². The minimum atomic E-state index is -1.04. The van der Waals surface area contributed by atoms with Crippen LogP contribution in [0, 0.1) is 5.41 Å². The van der Waals surface area contributed by atoms with E-state index in [-0.39, 0.29) is 57.0 Å². The van der Waals surface area contributed by atoms with Crippen LogP contribution in [0.5, 0.6) is 0 Å². The zero-order chi connectivity index (χ0) is 55.3. The van der Waals surface area contributed by atoms with Gasteiger partial charge in [0, 0.05) is 31.8 Å². The van der Waals surface area contributed by atoms with Crippen molar-refractivity contribution in [3.8, 4) is 0 Å². The molecule has 0 unspecified atom stereocenters. The predicted octanol–water partition coefficient (Wildman–Crippen LogP) is 11.0. The lowest BCUT2D eigenvalue weighted by Gasteiger charge is -2.34. The van der Waals surface area contributed by atoms with Crippen molar-refractivity contribution in [3.63, 3.8) is 0 Å². The number of guanidine groups is 2. The molecule has 0 bridgehead atoms.